The van der Waals surface area contributed by atoms with E-state index in [0.29, 0.717) is 5.75 Å². The molecule has 0 aliphatic heterocycles. The number of aryl methyl sites for hydroxylation is 1. The summed E-state index contributed by atoms with van der Waals surface area (Å²) >= 11 is 1.62. The summed E-state index contributed by atoms with van der Waals surface area (Å²) in [6, 6.07) is 8.41. The molecule has 2 rings (SSSR count). The van der Waals surface area contributed by atoms with E-state index in [-0.39, 0.29) is 18.1 Å². The van der Waals surface area contributed by atoms with Gasteiger partial charge in [0.1, 0.15) is 0 Å². The third-order valence-electron chi connectivity index (χ3n) is 4.14. The largest absolute Gasteiger partial charge is 0.394 e. The van der Waals surface area contributed by atoms with Crippen molar-refractivity contribution in [3.05, 3.63) is 35.4 Å². The van der Waals surface area contributed by atoms with Crippen molar-refractivity contribution < 1.29 is 9.90 Å². The van der Waals surface area contributed by atoms with Crippen molar-refractivity contribution in [2.24, 2.45) is 0 Å². The Morgan fingerprint density at radius 1 is 1.24 bits per heavy atom. The Bertz CT molecular complexity index is 452. The van der Waals surface area contributed by atoms with E-state index in [2.05, 4.69) is 36.5 Å². The van der Waals surface area contributed by atoms with Gasteiger partial charge < -0.3 is 10.4 Å². The van der Waals surface area contributed by atoms with E-state index in [1.807, 2.05) is 0 Å². The number of hydrogen-bond acceptors (Lipinski definition) is 3. The number of carbonyl (C=O) groups excluding carboxylic acids is 1. The predicted molar refractivity (Wildman–Crippen MR) is 88.4 cm³/mol. The summed E-state index contributed by atoms with van der Waals surface area (Å²) in [5.74, 6) is 1.35. The first kappa shape index (κ1) is 16.4. The monoisotopic (exact) mass is 307 g/mol. The molecule has 0 saturated heterocycles. The Morgan fingerprint density at radius 2 is 1.90 bits per heavy atom. The van der Waals surface area contributed by atoms with Crippen molar-refractivity contribution in [1.82, 2.24) is 5.32 Å². The number of aliphatic hydroxyl groups is 1. The van der Waals surface area contributed by atoms with Crippen LogP contribution >= 0.6 is 11.8 Å². The average Bonchev–Trinajstić information content (AvgIpc) is 2.50. The molecule has 0 unspecified atom stereocenters. The minimum absolute atomic E-state index is 0.0445. The number of benzene rings is 1. The summed E-state index contributed by atoms with van der Waals surface area (Å²) in [6.07, 6.45) is 5.20. The first-order valence-electron chi connectivity index (χ1n) is 7.69. The molecule has 4 heteroatoms. The molecule has 1 aromatic rings. The minimum Gasteiger partial charge on any atom is -0.394 e. The van der Waals surface area contributed by atoms with Crippen LogP contribution < -0.4 is 5.32 Å². The van der Waals surface area contributed by atoms with Crippen molar-refractivity contribution in [1.29, 1.82) is 0 Å². The number of thioether (sulfide) groups is 1. The van der Waals surface area contributed by atoms with Gasteiger partial charge >= 0.3 is 0 Å². The highest BCUT2D eigenvalue weighted by Gasteiger charge is 2.32. The Morgan fingerprint density at radius 3 is 2.52 bits per heavy atom. The van der Waals surface area contributed by atoms with E-state index in [4.69, 9.17) is 0 Å². The van der Waals surface area contributed by atoms with Crippen molar-refractivity contribution in [3.63, 3.8) is 0 Å². The summed E-state index contributed by atoms with van der Waals surface area (Å²) < 4.78 is 0. The van der Waals surface area contributed by atoms with Gasteiger partial charge in [0.25, 0.3) is 0 Å². The number of aliphatic hydroxyl groups excluding tert-OH is 1. The maximum atomic E-state index is 12.1. The molecule has 0 radical (unpaired) electrons. The van der Waals surface area contributed by atoms with Crippen LogP contribution in [-0.2, 0) is 10.5 Å². The normalized spacial score (nSPS) is 17.4. The van der Waals surface area contributed by atoms with Crippen LogP contribution in [0.5, 0.6) is 0 Å². The Labute approximate surface area is 131 Å². The molecule has 0 bridgehead atoms. The van der Waals surface area contributed by atoms with Gasteiger partial charge in [-0.2, -0.15) is 0 Å². The maximum Gasteiger partial charge on any atom is 0.230 e. The Hall–Kier alpha value is -1.00. The van der Waals surface area contributed by atoms with Crippen LogP contribution in [0.15, 0.2) is 24.3 Å². The van der Waals surface area contributed by atoms with Gasteiger partial charge in [0.05, 0.1) is 17.9 Å². The van der Waals surface area contributed by atoms with Crippen LogP contribution in [0.3, 0.4) is 0 Å². The van der Waals surface area contributed by atoms with Crippen molar-refractivity contribution in [2.45, 2.75) is 50.3 Å². The topological polar surface area (TPSA) is 49.3 Å². The molecule has 0 heterocycles. The van der Waals surface area contributed by atoms with E-state index in [9.17, 15) is 9.90 Å². The van der Waals surface area contributed by atoms with Gasteiger partial charge in [-0.15, -0.1) is 11.8 Å². The van der Waals surface area contributed by atoms with Crippen molar-refractivity contribution >= 4 is 17.7 Å². The molecular weight excluding hydrogens is 282 g/mol. The molecule has 1 aliphatic rings. The summed E-state index contributed by atoms with van der Waals surface area (Å²) in [6.45, 7) is 2.13. The highest BCUT2D eigenvalue weighted by Crippen LogP contribution is 2.27. The maximum absolute atomic E-state index is 12.1. The predicted octanol–water partition coefficient (Wildman–Crippen LogP) is 3.04. The molecule has 3 nitrogen and oxygen atoms in total. The molecule has 116 valence electrons. The lowest BCUT2D eigenvalue weighted by atomic mass is 9.82. The highest BCUT2D eigenvalue weighted by molar-refractivity contribution is 7.99. The summed E-state index contributed by atoms with van der Waals surface area (Å²) in [5.41, 5.74) is 2.14. The molecule has 0 atom stereocenters. The SMILES string of the molecule is Cc1ccc(CSCC(=O)NC2(CO)CCCCC2)cc1. The standard InChI is InChI=1S/C17H25NO2S/c1-14-5-7-15(8-6-14)11-21-12-16(20)18-17(13-19)9-3-2-4-10-17/h5-8,19H,2-4,9-13H2,1H3,(H,18,20). The highest BCUT2D eigenvalue weighted by atomic mass is 32.2. The van der Waals surface area contributed by atoms with Crippen LogP contribution in [0.25, 0.3) is 0 Å². The molecular formula is C17H25NO2S. The van der Waals surface area contributed by atoms with Crippen LogP contribution in [0, 0.1) is 6.92 Å². The summed E-state index contributed by atoms with van der Waals surface area (Å²) in [4.78, 5) is 12.1. The van der Waals surface area contributed by atoms with E-state index < -0.39 is 0 Å². The van der Waals surface area contributed by atoms with Gasteiger partial charge in [0.2, 0.25) is 5.91 Å². The fourth-order valence-corrected chi connectivity index (χ4v) is 3.62. The number of hydrogen-bond donors (Lipinski definition) is 2. The Kier molecular flexibility index (Phi) is 6.12. The number of rotatable bonds is 6. The first-order valence-corrected chi connectivity index (χ1v) is 8.84. The fraction of sp³-hybridized carbons (Fsp3) is 0.588. The smallest absolute Gasteiger partial charge is 0.230 e. The molecule has 0 spiro atoms. The second-order valence-electron chi connectivity index (χ2n) is 6.03. The van der Waals surface area contributed by atoms with E-state index >= 15 is 0 Å². The van der Waals surface area contributed by atoms with Gasteiger partial charge in [0, 0.05) is 5.75 Å². The van der Waals surface area contributed by atoms with E-state index in [1.54, 1.807) is 11.8 Å². The summed E-state index contributed by atoms with van der Waals surface area (Å²) in [5, 5.41) is 12.7. The quantitative estimate of drug-likeness (QED) is 0.849. The van der Waals surface area contributed by atoms with Gasteiger partial charge in [0.15, 0.2) is 0 Å². The minimum atomic E-state index is -0.361. The number of amides is 1. The van der Waals surface area contributed by atoms with Gasteiger partial charge in [-0.05, 0) is 25.3 Å². The lowest BCUT2D eigenvalue weighted by molar-refractivity contribution is -0.121. The molecule has 21 heavy (non-hydrogen) atoms. The Balaban J connectivity index is 1.75. The first-order chi connectivity index (χ1) is 10.1. The fourth-order valence-electron chi connectivity index (χ4n) is 2.83. The molecule has 1 fully saturated rings. The van der Waals surface area contributed by atoms with E-state index in [0.717, 1.165) is 31.4 Å². The average molecular weight is 307 g/mol. The molecule has 1 aromatic carbocycles. The lowest BCUT2D eigenvalue weighted by Gasteiger charge is -2.36. The second-order valence-corrected chi connectivity index (χ2v) is 7.01. The zero-order valence-electron chi connectivity index (χ0n) is 12.7. The van der Waals surface area contributed by atoms with Gasteiger partial charge in [-0.3, -0.25) is 4.79 Å². The zero-order chi connectivity index (χ0) is 15.1. The lowest BCUT2D eigenvalue weighted by Crippen LogP contribution is -2.53. The van der Waals surface area contributed by atoms with Crippen LogP contribution in [0.1, 0.15) is 43.2 Å². The molecule has 1 aliphatic carbocycles. The second kappa shape index (κ2) is 7.85. The number of carbonyl (C=O) groups is 1. The summed E-state index contributed by atoms with van der Waals surface area (Å²) in [7, 11) is 0. The third kappa shape index (κ3) is 5.04. The van der Waals surface area contributed by atoms with Crippen LogP contribution in [0.2, 0.25) is 0 Å². The van der Waals surface area contributed by atoms with Crippen LogP contribution in [-0.4, -0.2) is 28.9 Å². The zero-order valence-corrected chi connectivity index (χ0v) is 13.5. The molecule has 1 saturated carbocycles. The molecule has 0 aromatic heterocycles. The van der Waals surface area contributed by atoms with Gasteiger partial charge in [-0.1, -0.05) is 49.1 Å². The van der Waals surface area contributed by atoms with Crippen molar-refractivity contribution in [2.75, 3.05) is 12.4 Å². The molecule has 1 amide bonds. The third-order valence-corrected chi connectivity index (χ3v) is 5.14. The number of nitrogens with one attached hydrogen (secondary N) is 1. The van der Waals surface area contributed by atoms with Crippen molar-refractivity contribution in [3.8, 4) is 0 Å². The molecule has 2 N–H and O–H groups in total. The van der Waals surface area contributed by atoms with Crippen LogP contribution in [0.4, 0.5) is 0 Å². The van der Waals surface area contributed by atoms with E-state index in [1.165, 1.54) is 17.5 Å². The van der Waals surface area contributed by atoms with Gasteiger partial charge in [-0.25, -0.2) is 0 Å².